The molecule has 0 spiro atoms. The van der Waals surface area contributed by atoms with Gasteiger partial charge < -0.3 is 16.2 Å². The Morgan fingerprint density at radius 1 is 1.48 bits per heavy atom. The number of nitro benzene ring substituents is 1. The van der Waals surface area contributed by atoms with Crippen molar-refractivity contribution < 1.29 is 19.6 Å². The average Bonchev–Trinajstić information content (AvgIpc) is 2.42. The van der Waals surface area contributed by atoms with Crippen LogP contribution in [-0.4, -0.2) is 27.9 Å². The summed E-state index contributed by atoms with van der Waals surface area (Å²) in [6.45, 7) is 1.90. The van der Waals surface area contributed by atoms with Crippen molar-refractivity contribution in [2.45, 2.75) is 32.2 Å². The SMILES string of the molecule is CCCC[C@H](NC(=O)c1cccc([N+](=O)[O-])c1N)C(=O)O. The van der Waals surface area contributed by atoms with E-state index in [1.807, 2.05) is 6.92 Å². The van der Waals surface area contributed by atoms with Crippen LogP contribution in [0.2, 0.25) is 0 Å². The lowest BCUT2D eigenvalue weighted by atomic mass is 10.1. The third-order valence-electron chi connectivity index (χ3n) is 2.97. The molecular weight excluding hydrogens is 278 g/mol. The smallest absolute Gasteiger partial charge is 0.326 e. The van der Waals surface area contributed by atoms with Crippen LogP contribution in [0.3, 0.4) is 0 Å². The van der Waals surface area contributed by atoms with E-state index in [2.05, 4.69) is 5.32 Å². The molecule has 1 amide bonds. The molecule has 8 nitrogen and oxygen atoms in total. The Morgan fingerprint density at radius 2 is 2.14 bits per heavy atom. The number of rotatable bonds is 7. The Balaban J connectivity index is 2.95. The number of nitro groups is 1. The highest BCUT2D eigenvalue weighted by atomic mass is 16.6. The van der Waals surface area contributed by atoms with Crippen molar-refractivity contribution in [1.82, 2.24) is 5.32 Å². The molecule has 0 aliphatic carbocycles. The number of carbonyl (C=O) groups is 2. The number of hydrogen-bond donors (Lipinski definition) is 3. The fourth-order valence-electron chi connectivity index (χ4n) is 1.81. The number of anilines is 1. The average molecular weight is 295 g/mol. The van der Waals surface area contributed by atoms with Crippen LogP contribution in [0.5, 0.6) is 0 Å². The number of hydrogen-bond acceptors (Lipinski definition) is 5. The van der Waals surface area contributed by atoms with E-state index in [9.17, 15) is 19.7 Å². The standard InChI is InChI=1S/C13H17N3O5/c1-2-3-6-9(13(18)19)15-12(17)8-5-4-7-10(11(8)14)16(20)21/h4-5,7,9H,2-3,6,14H2,1H3,(H,15,17)(H,18,19)/t9-/m0/s1. The predicted molar refractivity (Wildman–Crippen MR) is 75.9 cm³/mol. The third-order valence-corrected chi connectivity index (χ3v) is 2.97. The minimum atomic E-state index is -1.15. The van der Waals surface area contributed by atoms with Crippen LogP contribution in [0.1, 0.15) is 36.5 Å². The summed E-state index contributed by atoms with van der Waals surface area (Å²) in [7, 11) is 0. The van der Waals surface area contributed by atoms with Gasteiger partial charge in [-0.1, -0.05) is 25.8 Å². The molecule has 1 aromatic carbocycles. The molecule has 0 saturated heterocycles. The van der Waals surface area contributed by atoms with Gasteiger partial charge in [-0.2, -0.15) is 0 Å². The number of nitrogens with two attached hydrogens (primary N) is 1. The second-order valence-electron chi connectivity index (χ2n) is 4.50. The first-order valence-corrected chi connectivity index (χ1v) is 6.45. The molecule has 21 heavy (non-hydrogen) atoms. The minimum absolute atomic E-state index is 0.105. The van der Waals surface area contributed by atoms with E-state index in [1.165, 1.54) is 18.2 Å². The van der Waals surface area contributed by atoms with Gasteiger partial charge in [0.15, 0.2) is 0 Å². The fraction of sp³-hybridized carbons (Fsp3) is 0.385. The number of carboxylic acids is 1. The quantitative estimate of drug-likeness (QED) is 0.396. The summed E-state index contributed by atoms with van der Waals surface area (Å²) in [6.07, 6.45) is 1.71. The van der Waals surface area contributed by atoms with E-state index in [0.717, 1.165) is 6.42 Å². The molecule has 0 radical (unpaired) electrons. The lowest BCUT2D eigenvalue weighted by Crippen LogP contribution is -2.41. The second kappa shape index (κ2) is 7.22. The number of carbonyl (C=O) groups excluding carboxylic acids is 1. The molecule has 0 aromatic heterocycles. The molecule has 0 saturated carbocycles. The van der Waals surface area contributed by atoms with Crippen molar-refractivity contribution in [1.29, 1.82) is 0 Å². The van der Waals surface area contributed by atoms with E-state index in [-0.39, 0.29) is 23.4 Å². The number of nitrogens with one attached hydrogen (secondary N) is 1. The van der Waals surface area contributed by atoms with Gasteiger partial charge in [0.05, 0.1) is 10.5 Å². The zero-order valence-corrected chi connectivity index (χ0v) is 11.5. The summed E-state index contributed by atoms with van der Waals surface area (Å²) in [5.41, 5.74) is 4.82. The van der Waals surface area contributed by atoms with Crippen LogP contribution in [-0.2, 0) is 4.79 Å². The van der Waals surface area contributed by atoms with Crippen LogP contribution in [0.25, 0.3) is 0 Å². The molecule has 1 aromatic rings. The van der Waals surface area contributed by atoms with Gasteiger partial charge in [-0.05, 0) is 12.5 Å². The maximum atomic E-state index is 12.0. The van der Waals surface area contributed by atoms with Crippen LogP contribution < -0.4 is 11.1 Å². The Morgan fingerprint density at radius 3 is 2.67 bits per heavy atom. The summed E-state index contributed by atoms with van der Waals surface area (Å²) < 4.78 is 0. The Labute approximate surface area is 121 Å². The van der Waals surface area contributed by atoms with Gasteiger partial charge >= 0.3 is 5.97 Å². The molecule has 0 aliphatic heterocycles. The molecule has 1 atom stereocenters. The van der Waals surface area contributed by atoms with Gasteiger partial charge in [-0.15, -0.1) is 0 Å². The molecular formula is C13H17N3O5. The van der Waals surface area contributed by atoms with E-state index < -0.39 is 22.8 Å². The molecule has 8 heteroatoms. The highest BCUT2D eigenvalue weighted by molar-refractivity contribution is 6.02. The van der Waals surface area contributed by atoms with Crippen molar-refractivity contribution in [3.63, 3.8) is 0 Å². The molecule has 0 fully saturated rings. The number of benzene rings is 1. The summed E-state index contributed by atoms with van der Waals surface area (Å²) in [4.78, 5) is 33.2. The second-order valence-corrected chi connectivity index (χ2v) is 4.50. The van der Waals surface area contributed by atoms with Gasteiger partial charge in [0.25, 0.3) is 11.6 Å². The third kappa shape index (κ3) is 4.16. The zero-order valence-electron chi connectivity index (χ0n) is 11.5. The van der Waals surface area contributed by atoms with Gasteiger partial charge in [-0.3, -0.25) is 14.9 Å². The first-order chi connectivity index (χ1) is 9.88. The Bertz CT molecular complexity index is 559. The number of aliphatic carboxylic acids is 1. The van der Waals surface area contributed by atoms with E-state index in [4.69, 9.17) is 10.8 Å². The van der Waals surface area contributed by atoms with Gasteiger partial charge in [-0.25, -0.2) is 4.79 Å². The minimum Gasteiger partial charge on any atom is -0.480 e. The van der Waals surface area contributed by atoms with E-state index in [1.54, 1.807) is 0 Å². The van der Waals surface area contributed by atoms with Crippen LogP contribution in [0.15, 0.2) is 18.2 Å². The largest absolute Gasteiger partial charge is 0.480 e. The first-order valence-electron chi connectivity index (χ1n) is 6.45. The van der Waals surface area contributed by atoms with Crippen LogP contribution in [0, 0.1) is 10.1 Å². The van der Waals surface area contributed by atoms with Crippen LogP contribution in [0.4, 0.5) is 11.4 Å². The molecule has 0 bridgehead atoms. The number of para-hydroxylation sites is 1. The number of carboxylic acid groups (broad SMARTS) is 1. The topological polar surface area (TPSA) is 136 Å². The number of nitrogens with zero attached hydrogens (tertiary/aromatic N) is 1. The molecule has 1 rings (SSSR count). The number of amides is 1. The highest BCUT2D eigenvalue weighted by Crippen LogP contribution is 2.24. The zero-order chi connectivity index (χ0) is 16.0. The summed E-state index contributed by atoms with van der Waals surface area (Å²) in [6, 6.07) is 2.77. The van der Waals surface area contributed by atoms with Crippen LogP contribution >= 0.6 is 0 Å². The fourth-order valence-corrected chi connectivity index (χ4v) is 1.81. The Hall–Kier alpha value is -2.64. The summed E-state index contributed by atoms with van der Waals surface area (Å²) in [5, 5.41) is 22.2. The van der Waals surface area contributed by atoms with E-state index in [0.29, 0.717) is 6.42 Å². The molecule has 0 aliphatic rings. The summed E-state index contributed by atoms with van der Waals surface area (Å²) in [5.74, 6) is -1.89. The van der Waals surface area contributed by atoms with Gasteiger partial charge in [0.2, 0.25) is 0 Å². The van der Waals surface area contributed by atoms with Crippen molar-refractivity contribution in [3.8, 4) is 0 Å². The first kappa shape index (κ1) is 16.4. The van der Waals surface area contributed by atoms with Gasteiger partial charge in [0.1, 0.15) is 11.7 Å². The van der Waals surface area contributed by atoms with Gasteiger partial charge in [0, 0.05) is 6.07 Å². The van der Waals surface area contributed by atoms with Crippen molar-refractivity contribution in [2.75, 3.05) is 5.73 Å². The number of nitrogen functional groups attached to an aromatic ring is 1. The molecule has 0 heterocycles. The lowest BCUT2D eigenvalue weighted by molar-refractivity contribution is -0.383. The normalized spacial score (nSPS) is 11.7. The van der Waals surface area contributed by atoms with Crippen molar-refractivity contribution in [3.05, 3.63) is 33.9 Å². The van der Waals surface area contributed by atoms with Crippen molar-refractivity contribution >= 4 is 23.3 Å². The molecule has 4 N–H and O–H groups in total. The monoisotopic (exact) mass is 295 g/mol. The predicted octanol–water partition coefficient (Wildman–Crippen LogP) is 1.55. The molecule has 0 unspecified atom stereocenters. The highest BCUT2D eigenvalue weighted by Gasteiger charge is 2.23. The Kier molecular flexibility index (Phi) is 5.65. The molecule has 114 valence electrons. The lowest BCUT2D eigenvalue weighted by Gasteiger charge is -2.14. The summed E-state index contributed by atoms with van der Waals surface area (Å²) >= 11 is 0. The maximum absolute atomic E-state index is 12.0. The van der Waals surface area contributed by atoms with Crippen molar-refractivity contribution in [2.24, 2.45) is 0 Å². The van der Waals surface area contributed by atoms with E-state index >= 15 is 0 Å². The maximum Gasteiger partial charge on any atom is 0.326 e. The number of unbranched alkanes of at least 4 members (excludes halogenated alkanes) is 1.